The molecule has 146 valence electrons. The largest absolute Gasteiger partial charge is 0.497 e. The molecule has 1 aliphatic heterocycles. The Morgan fingerprint density at radius 1 is 1.27 bits per heavy atom. The van der Waals surface area contributed by atoms with Crippen molar-refractivity contribution >= 4 is 17.7 Å². The van der Waals surface area contributed by atoms with Gasteiger partial charge in [-0.3, -0.25) is 4.99 Å². The topological polar surface area (TPSA) is 46.1 Å². The summed E-state index contributed by atoms with van der Waals surface area (Å²) in [4.78, 5) is 7.27. The van der Waals surface area contributed by atoms with Crippen LogP contribution < -0.4 is 14.8 Å². The van der Waals surface area contributed by atoms with Crippen molar-refractivity contribution in [2.75, 3.05) is 46.7 Å². The molecular formula is C20H33N3O2S. The van der Waals surface area contributed by atoms with Gasteiger partial charge >= 0.3 is 0 Å². The first-order valence-corrected chi connectivity index (χ1v) is 10.5. The normalized spacial score (nSPS) is 18.2. The molecule has 1 heterocycles. The molecule has 0 aliphatic carbocycles. The van der Waals surface area contributed by atoms with Gasteiger partial charge in [0.1, 0.15) is 11.5 Å². The van der Waals surface area contributed by atoms with E-state index < -0.39 is 0 Å². The summed E-state index contributed by atoms with van der Waals surface area (Å²) >= 11 is 1.85. The van der Waals surface area contributed by atoms with Gasteiger partial charge in [-0.15, -0.1) is 0 Å². The molecule has 1 aromatic rings. The van der Waals surface area contributed by atoms with E-state index in [-0.39, 0.29) is 4.75 Å². The van der Waals surface area contributed by atoms with Crippen molar-refractivity contribution in [3.05, 3.63) is 23.8 Å². The zero-order valence-electron chi connectivity index (χ0n) is 17.0. The van der Waals surface area contributed by atoms with Gasteiger partial charge in [-0.25, -0.2) is 0 Å². The van der Waals surface area contributed by atoms with Gasteiger partial charge in [0.05, 0.1) is 20.8 Å². The van der Waals surface area contributed by atoms with Crippen LogP contribution in [0.3, 0.4) is 0 Å². The Morgan fingerprint density at radius 3 is 2.46 bits per heavy atom. The van der Waals surface area contributed by atoms with Crippen LogP contribution in [0.4, 0.5) is 0 Å². The van der Waals surface area contributed by atoms with E-state index >= 15 is 0 Å². The van der Waals surface area contributed by atoms with Crippen molar-refractivity contribution in [1.82, 2.24) is 10.2 Å². The van der Waals surface area contributed by atoms with Crippen LogP contribution >= 0.6 is 11.8 Å². The third-order valence-electron chi connectivity index (χ3n) is 4.83. The van der Waals surface area contributed by atoms with Gasteiger partial charge in [0.2, 0.25) is 0 Å². The monoisotopic (exact) mass is 379 g/mol. The lowest BCUT2D eigenvalue weighted by Gasteiger charge is -2.25. The summed E-state index contributed by atoms with van der Waals surface area (Å²) in [6.45, 7) is 10.3. The number of guanidine groups is 1. The number of methoxy groups -OCH3 is 2. The van der Waals surface area contributed by atoms with Crippen LogP contribution in [0, 0.1) is 0 Å². The van der Waals surface area contributed by atoms with Gasteiger partial charge < -0.3 is 19.7 Å². The van der Waals surface area contributed by atoms with E-state index in [1.54, 1.807) is 14.2 Å². The second-order valence-electron chi connectivity index (χ2n) is 7.21. The average Bonchev–Trinajstić information content (AvgIpc) is 3.14. The lowest BCUT2D eigenvalue weighted by molar-refractivity contribution is 0.392. The fourth-order valence-electron chi connectivity index (χ4n) is 3.05. The summed E-state index contributed by atoms with van der Waals surface area (Å²) in [6, 6.07) is 6.17. The Bertz CT molecular complexity index is 597. The predicted molar refractivity (Wildman–Crippen MR) is 112 cm³/mol. The van der Waals surface area contributed by atoms with Crippen LogP contribution in [0.5, 0.6) is 11.5 Å². The van der Waals surface area contributed by atoms with Crippen LogP contribution in [-0.2, 0) is 0 Å². The van der Waals surface area contributed by atoms with E-state index in [1.165, 1.54) is 5.56 Å². The van der Waals surface area contributed by atoms with Gasteiger partial charge in [-0.2, -0.15) is 11.8 Å². The third-order valence-corrected chi connectivity index (χ3v) is 6.06. The Labute approximate surface area is 162 Å². The third kappa shape index (κ3) is 5.47. The number of hydrogen-bond donors (Lipinski definition) is 1. The molecule has 1 N–H and O–H groups in total. The quantitative estimate of drug-likeness (QED) is 0.579. The number of rotatable bonds is 7. The van der Waals surface area contributed by atoms with Gasteiger partial charge in [0.15, 0.2) is 5.96 Å². The number of nitrogens with zero attached hydrogens (tertiary/aromatic N) is 2. The van der Waals surface area contributed by atoms with E-state index in [0.29, 0.717) is 5.92 Å². The summed E-state index contributed by atoms with van der Waals surface area (Å²) in [7, 11) is 3.39. The van der Waals surface area contributed by atoms with E-state index in [2.05, 4.69) is 49.4 Å². The lowest BCUT2D eigenvalue weighted by Crippen LogP contribution is -2.40. The van der Waals surface area contributed by atoms with Gasteiger partial charge in [-0.05, 0) is 51.1 Å². The van der Waals surface area contributed by atoms with E-state index in [9.17, 15) is 0 Å². The summed E-state index contributed by atoms with van der Waals surface area (Å²) in [5, 5.41) is 3.46. The maximum atomic E-state index is 5.43. The Morgan fingerprint density at radius 2 is 1.92 bits per heavy atom. The summed E-state index contributed by atoms with van der Waals surface area (Å²) in [5.74, 6) is 3.17. The molecule has 0 amide bonds. The highest BCUT2D eigenvalue weighted by molar-refractivity contribution is 7.99. The zero-order chi connectivity index (χ0) is 19.2. The molecule has 6 heteroatoms. The highest BCUT2D eigenvalue weighted by Crippen LogP contribution is 2.33. The van der Waals surface area contributed by atoms with Crippen molar-refractivity contribution in [1.29, 1.82) is 0 Å². The Balaban J connectivity index is 2.13. The zero-order valence-corrected chi connectivity index (χ0v) is 17.8. The molecule has 0 aromatic heterocycles. The predicted octanol–water partition coefficient (Wildman–Crippen LogP) is 3.60. The van der Waals surface area contributed by atoms with Crippen LogP contribution in [0.2, 0.25) is 0 Å². The molecular weight excluding hydrogens is 346 g/mol. The number of likely N-dealkylation sites (tertiary alicyclic amines) is 1. The molecule has 1 aromatic carbocycles. The van der Waals surface area contributed by atoms with Gasteiger partial charge in [0, 0.05) is 36.4 Å². The molecule has 0 bridgehead atoms. The highest BCUT2D eigenvalue weighted by Gasteiger charge is 2.27. The first kappa shape index (κ1) is 20.7. The van der Waals surface area contributed by atoms with Crippen molar-refractivity contribution in [3.63, 3.8) is 0 Å². The van der Waals surface area contributed by atoms with Crippen molar-refractivity contribution in [2.24, 2.45) is 4.99 Å². The number of thioether (sulfide) groups is 1. The molecule has 0 spiro atoms. The molecule has 26 heavy (non-hydrogen) atoms. The molecule has 1 unspecified atom stereocenters. The fraction of sp³-hybridized carbons (Fsp3) is 0.650. The fourth-order valence-corrected chi connectivity index (χ4v) is 3.24. The minimum absolute atomic E-state index is 0.153. The lowest BCUT2D eigenvalue weighted by atomic mass is 9.98. The molecule has 1 aliphatic rings. The first-order chi connectivity index (χ1) is 12.4. The summed E-state index contributed by atoms with van der Waals surface area (Å²) in [5.41, 5.74) is 1.27. The van der Waals surface area contributed by atoms with Crippen LogP contribution in [-0.4, -0.2) is 62.3 Å². The number of benzene rings is 1. The van der Waals surface area contributed by atoms with Crippen molar-refractivity contribution < 1.29 is 9.47 Å². The minimum Gasteiger partial charge on any atom is -0.497 e. The molecule has 5 nitrogen and oxygen atoms in total. The molecule has 1 atom stereocenters. The SMILES string of the molecule is CCNC(=NCC(C)(C)SC)N1CCC(c2cc(OC)cc(OC)c2)C1. The van der Waals surface area contributed by atoms with Gasteiger partial charge in [-0.1, -0.05) is 0 Å². The standard InChI is InChI=1S/C20H33N3O2S/c1-7-21-19(22-14-20(2,3)26-6)23-9-8-15(13-23)16-10-17(24-4)12-18(11-16)25-5/h10-12,15H,7-9,13-14H2,1-6H3,(H,21,22). The Kier molecular flexibility index (Phi) is 7.50. The summed E-state index contributed by atoms with van der Waals surface area (Å²) in [6.07, 6.45) is 3.25. The van der Waals surface area contributed by atoms with E-state index in [1.807, 2.05) is 17.8 Å². The number of nitrogens with one attached hydrogen (secondary N) is 1. The number of ether oxygens (including phenoxy) is 2. The summed E-state index contributed by atoms with van der Waals surface area (Å²) < 4.78 is 11.0. The maximum Gasteiger partial charge on any atom is 0.193 e. The number of hydrogen-bond acceptors (Lipinski definition) is 4. The van der Waals surface area contributed by atoms with E-state index in [0.717, 1.165) is 50.1 Å². The molecule has 2 rings (SSSR count). The smallest absolute Gasteiger partial charge is 0.193 e. The Hall–Kier alpha value is -1.56. The maximum absolute atomic E-state index is 5.43. The van der Waals surface area contributed by atoms with Crippen LogP contribution in [0.15, 0.2) is 23.2 Å². The van der Waals surface area contributed by atoms with Gasteiger partial charge in [0.25, 0.3) is 0 Å². The average molecular weight is 380 g/mol. The van der Waals surface area contributed by atoms with Crippen LogP contribution in [0.25, 0.3) is 0 Å². The minimum atomic E-state index is 0.153. The van der Waals surface area contributed by atoms with E-state index in [4.69, 9.17) is 14.5 Å². The highest BCUT2D eigenvalue weighted by atomic mass is 32.2. The molecule has 0 saturated carbocycles. The first-order valence-electron chi connectivity index (χ1n) is 9.23. The van der Waals surface area contributed by atoms with Crippen molar-refractivity contribution in [3.8, 4) is 11.5 Å². The molecule has 1 fully saturated rings. The molecule has 1 saturated heterocycles. The van der Waals surface area contributed by atoms with Crippen molar-refractivity contribution in [2.45, 2.75) is 37.9 Å². The number of aliphatic imine (C=N–C) groups is 1. The second-order valence-corrected chi connectivity index (χ2v) is 8.73. The van der Waals surface area contributed by atoms with Crippen LogP contribution in [0.1, 0.15) is 38.7 Å². The second kappa shape index (κ2) is 9.40. The molecule has 0 radical (unpaired) electrons.